The minimum absolute atomic E-state index is 0.0112. The number of hydrogen-bond acceptors (Lipinski definition) is 4. The highest BCUT2D eigenvalue weighted by molar-refractivity contribution is 7.07. The maximum Gasteiger partial charge on any atom is 0.227 e. The zero-order valence-corrected chi connectivity index (χ0v) is 14.5. The number of nitrogens with one attached hydrogen (secondary N) is 1. The van der Waals surface area contributed by atoms with Gasteiger partial charge in [-0.05, 0) is 47.3 Å². The van der Waals surface area contributed by atoms with Crippen molar-refractivity contribution in [2.24, 2.45) is 5.92 Å². The molecule has 0 aliphatic carbocycles. The molecule has 1 aromatic heterocycles. The highest BCUT2D eigenvalue weighted by Crippen LogP contribution is 2.21. The van der Waals surface area contributed by atoms with Crippen molar-refractivity contribution in [2.45, 2.75) is 25.5 Å². The fraction of sp³-hybridized carbons (Fsp3) is 0.421. The molecule has 0 bridgehead atoms. The molecule has 0 spiro atoms. The van der Waals surface area contributed by atoms with Gasteiger partial charge in [0.2, 0.25) is 5.91 Å². The predicted molar refractivity (Wildman–Crippen MR) is 96.7 cm³/mol. The van der Waals surface area contributed by atoms with Crippen LogP contribution in [0.1, 0.15) is 30.1 Å². The Kier molecular flexibility index (Phi) is 6.01. The van der Waals surface area contributed by atoms with Gasteiger partial charge in [0.1, 0.15) is 0 Å². The van der Waals surface area contributed by atoms with Crippen LogP contribution < -0.4 is 5.32 Å². The second-order valence-corrected chi connectivity index (χ2v) is 7.10. The number of amides is 1. The van der Waals surface area contributed by atoms with Crippen molar-refractivity contribution in [3.8, 4) is 0 Å². The largest absolute Gasteiger partial charge is 0.387 e. The number of piperidine rings is 1. The summed E-state index contributed by atoms with van der Waals surface area (Å²) in [6, 6.07) is 11.9. The van der Waals surface area contributed by atoms with E-state index in [0.717, 1.165) is 37.1 Å². The number of hydrogen-bond donors (Lipinski definition) is 2. The quantitative estimate of drug-likeness (QED) is 0.847. The number of aliphatic hydroxyl groups is 1. The van der Waals surface area contributed by atoms with Crippen LogP contribution in [0, 0.1) is 5.92 Å². The predicted octanol–water partition coefficient (Wildman–Crippen LogP) is 2.81. The maximum atomic E-state index is 13.0. The molecule has 2 atom stereocenters. The SMILES string of the molecule is O=C(C1CCCNC1)N(Cc1ccccc1)CC(O)c1ccsc1. The standard InChI is InChI=1S/C19H24N2O2S/c22-18(17-8-10-24-14-17)13-21(12-15-5-2-1-3-6-15)19(23)16-7-4-9-20-11-16/h1-3,5-6,8,10,14,16,18,20,22H,4,7,9,11-13H2. The molecule has 5 heteroatoms. The third-order valence-corrected chi connectivity index (χ3v) is 5.20. The average Bonchev–Trinajstić information content (AvgIpc) is 3.17. The van der Waals surface area contributed by atoms with Crippen molar-refractivity contribution in [3.63, 3.8) is 0 Å². The minimum Gasteiger partial charge on any atom is -0.387 e. The molecule has 0 saturated carbocycles. The molecule has 24 heavy (non-hydrogen) atoms. The van der Waals surface area contributed by atoms with Crippen LogP contribution in [0.3, 0.4) is 0 Å². The van der Waals surface area contributed by atoms with Crippen molar-refractivity contribution in [2.75, 3.05) is 19.6 Å². The second-order valence-electron chi connectivity index (χ2n) is 6.32. The van der Waals surface area contributed by atoms with Gasteiger partial charge in [-0.25, -0.2) is 0 Å². The van der Waals surface area contributed by atoms with E-state index in [4.69, 9.17) is 0 Å². The Morgan fingerprint density at radius 2 is 2.17 bits per heavy atom. The van der Waals surface area contributed by atoms with Gasteiger partial charge in [0.25, 0.3) is 0 Å². The second kappa shape index (κ2) is 8.42. The highest BCUT2D eigenvalue weighted by atomic mass is 32.1. The number of thiophene rings is 1. The molecule has 128 valence electrons. The van der Waals surface area contributed by atoms with Crippen LogP contribution in [0.2, 0.25) is 0 Å². The maximum absolute atomic E-state index is 13.0. The Balaban J connectivity index is 1.73. The topological polar surface area (TPSA) is 52.6 Å². The van der Waals surface area contributed by atoms with Crippen molar-refractivity contribution in [1.82, 2.24) is 10.2 Å². The Morgan fingerprint density at radius 3 is 2.83 bits per heavy atom. The summed E-state index contributed by atoms with van der Waals surface area (Å²) in [6.07, 6.45) is 1.31. The van der Waals surface area contributed by atoms with Gasteiger partial charge in [-0.2, -0.15) is 11.3 Å². The van der Waals surface area contributed by atoms with Gasteiger partial charge < -0.3 is 15.3 Å². The van der Waals surface area contributed by atoms with Gasteiger partial charge in [0.15, 0.2) is 0 Å². The first-order chi connectivity index (χ1) is 11.7. The van der Waals surface area contributed by atoms with Crippen LogP contribution in [0.25, 0.3) is 0 Å². The van der Waals surface area contributed by atoms with Crippen LogP contribution in [0.15, 0.2) is 47.2 Å². The van der Waals surface area contributed by atoms with E-state index >= 15 is 0 Å². The van der Waals surface area contributed by atoms with Gasteiger partial charge in [-0.1, -0.05) is 30.3 Å². The number of benzene rings is 1. The first-order valence-corrected chi connectivity index (χ1v) is 9.42. The van der Waals surface area contributed by atoms with E-state index in [2.05, 4.69) is 5.32 Å². The first-order valence-electron chi connectivity index (χ1n) is 8.47. The van der Waals surface area contributed by atoms with E-state index in [-0.39, 0.29) is 11.8 Å². The van der Waals surface area contributed by atoms with Crippen molar-refractivity contribution in [3.05, 3.63) is 58.3 Å². The summed E-state index contributed by atoms with van der Waals surface area (Å²) in [4.78, 5) is 14.8. The van der Waals surface area contributed by atoms with Gasteiger partial charge >= 0.3 is 0 Å². The Bertz CT molecular complexity index is 624. The molecule has 2 aromatic rings. The molecule has 1 amide bonds. The Morgan fingerprint density at radius 1 is 1.33 bits per heavy atom. The summed E-state index contributed by atoms with van der Waals surface area (Å²) in [5, 5.41) is 17.7. The van der Waals surface area contributed by atoms with Crippen molar-refractivity contribution in [1.29, 1.82) is 0 Å². The number of carbonyl (C=O) groups is 1. The lowest BCUT2D eigenvalue weighted by Gasteiger charge is -2.31. The third-order valence-electron chi connectivity index (χ3n) is 4.50. The summed E-state index contributed by atoms with van der Waals surface area (Å²) in [5.74, 6) is 0.150. The summed E-state index contributed by atoms with van der Waals surface area (Å²) in [5.41, 5.74) is 1.97. The molecule has 1 aliphatic rings. The third kappa shape index (κ3) is 4.44. The lowest BCUT2D eigenvalue weighted by atomic mass is 9.97. The molecule has 2 unspecified atom stereocenters. The molecule has 3 rings (SSSR count). The zero-order valence-electron chi connectivity index (χ0n) is 13.7. The van der Waals surface area contributed by atoms with Crippen LogP contribution >= 0.6 is 11.3 Å². The normalized spacial score (nSPS) is 19.0. The van der Waals surface area contributed by atoms with E-state index in [1.807, 2.05) is 52.1 Å². The molecule has 1 aliphatic heterocycles. The molecule has 4 nitrogen and oxygen atoms in total. The Labute approximate surface area is 147 Å². The number of rotatable bonds is 6. The van der Waals surface area contributed by atoms with Crippen LogP contribution in [0.5, 0.6) is 0 Å². The summed E-state index contributed by atoms with van der Waals surface area (Å²) in [6.45, 7) is 2.59. The zero-order chi connectivity index (χ0) is 16.8. The summed E-state index contributed by atoms with van der Waals surface area (Å²) >= 11 is 1.56. The number of carbonyl (C=O) groups excluding carboxylic acids is 1. The molecule has 1 saturated heterocycles. The monoisotopic (exact) mass is 344 g/mol. The fourth-order valence-electron chi connectivity index (χ4n) is 3.14. The molecular weight excluding hydrogens is 320 g/mol. The van der Waals surface area contributed by atoms with E-state index in [1.165, 1.54) is 0 Å². The van der Waals surface area contributed by atoms with Gasteiger partial charge in [-0.15, -0.1) is 0 Å². The van der Waals surface area contributed by atoms with E-state index < -0.39 is 6.10 Å². The van der Waals surface area contributed by atoms with Crippen molar-refractivity contribution >= 4 is 17.2 Å². The first kappa shape index (κ1) is 17.1. The highest BCUT2D eigenvalue weighted by Gasteiger charge is 2.27. The summed E-state index contributed by atoms with van der Waals surface area (Å²) < 4.78 is 0. The van der Waals surface area contributed by atoms with E-state index in [1.54, 1.807) is 11.3 Å². The van der Waals surface area contributed by atoms with E-state index in [0.29, 0.717) is 13.1 Å². The number of nitrogens with zero attached hydrogens (tertiary/aromatic N) is 1. The average molecular weight is 344 g/mol. The molecule has 0 radical (unpaired) electrons. The molecule has 2 N–H and O–H groups in total. The lowest BCUT2D eigenvalue weighted by molar-refractivity contribution is -0.138. The van der Waals surface area contributed by atoms with Crippen LogP contribution in [0.4, 0.5) is 0 Å². The molecule has 2 heterocycles. The van der Waals surface area contributed by atoms with Gasteiger partial charge in [-0.3, -0.25) is 4.79 Å². The smallest absolute Gasteiger partial charge is 0.227 e. The van der Waals surface area contributed by atoms with Crippen molar-refractivity contribution < 1.29 is 9.90 Å². The van der Waals surface area contributed by atoms with E-state index in [9.17, 15) is 9.90 Å². The Hall–Kier alpha value is -1.69. The molecule has 1 aromatic carbocycles. The van der Waals surface area contributed by atoms with Gasteiger partial charge in [0, 0.05) is 13.1 Å². The summed E-state index contributed by atoms with van der Waals surface area (Å²) in [7, 11) is 0. The minimum atomic E-state index is -0.638. The van der Waals surface area contributed by atoms with Crippen LogP contribution in [-0.4, -0.2) is 35.5 Å². The molecule has 1 fully saturated rings. The van der Waals surface area contributed by atoms with Gasteiger partial charge in [0.05, 0.1) is 18.6 Å². The number of aliphatic hydroxyl groups excluding tert-OH is 1. The van der Waals surface area contributed by atoms with Crippen LogP contribution in [-0.2, 0) is 11.3 Å². The molecular formula is C19H24N2O2S. The fourth-order valence-corrected chi connectivity index (χ4v) is 3.84. The lowest BCUT2D eigenvalue weighted by Crippen LogP contribution is -2.44.